The predicted molar refractivity (Wildman–Crippen MR) is 87.4 cm³/mol. The second kappa shape index (κ2) is 15.9. The van der Waals surface area contributed by atoms with Crippen LogP contribution >= 0.6 is 0 Å². The molecule has 0 unspecified atom stereocenters. The Labute approximate surface area is 136 Å². The minimum absolute atomic E-state index is 0.175. The van der Waals surface area contributed by atoms with E-state index in [0.29, 0.717) is 19.8 Å². The highest BCUT2D eigenvalue weighted by Gasteiger charge is 2.41. The van der Waals surface area contributed by atoms with Crippen LogP contribution in [0.1, 0.15) is 53.4 Å². The van der Waals surface area contributed by atoms with E-state index in [1.54, 1.807) is 0 Å². The molecule has 0 bridgehead atoms. The van der Waals surface area contributed by atoms with Gasteiger partial charge in [0.25, 0.3) is 0 Å². The van der Waals surface area contributed by atoms with E-state index in [9.17, 15) is 0 Å². The van der Waals surface area contributed by atoms with Gasteiger partial charge in [0.1, 0.15) is 20.4 Å². The molecule has 6 nitrogen and oxygen atoms in total. The smallest absolute Gasteiger partial charge is 0.357 e. The lowest BCUT2D eigenvalue weighted by molar-refractivity contribution is -0.100. The Balaban J connectivity index is 4.53. The third-order valence-electron chi connectivity index (χ3n) is 3.04. The molecule has 0 saturated heterocycles. The summed E-state index contributed by atoms with van der Waals surface area (Å²) < 4.78 is 33.5. The first kappa shape index (κ1) is 22.0. The maximum absolute atomic E-state index is 5.86. The minimum atomic E-state index is -2.83. The van der Waals surface area contributed by atoms with Crippen LogP contribution < -0.4 is 0 Å². The van der Waals surface area contributed by atoms with Crippen molar-refractivity contribution in [3.8, 4) is 0 Å². The van der Waals surface area contributed by atoms with Crippen LogP contribution in [0, 0.1) is 0 Å². The summed E-state index contributed by atoms with van der Waals surface area (Å²) in [5, 5.41) is 0. The van der Waals surface area contributed by atoms with Crippen LogP contribution in [0.15, 0.2) is 0 Å². The Bertz CT molecular complexity index is 204. The molecule has 0 fully saturated rings. The maximum atomic E-state index is 5.86. The van der Waals surface area contributed by atoms with Gasteiger partial charge in [-0.1, -0.05) is 26.2 Å². The summed E-state index contributed by atoms with van der Waals surface area (Å²) in [5.74, 6) is 0. The van der Waals surface area contributed by atoms with Crippen molar-refractivity contribution in [3.63, 3.8) is 0 Å². The van der Waals surface area contributed by atoms with Gasteiger partial charge in [-0.15, -0.1) is 0 Å². The summed E-state index contributed by atoms with van der Waals surface area (Å²) in [5.41, 5.74) is 0. The fourth-order valence-electron chi connectivity index (χ4n) is 1.75. The van der Waals surface area contributed by atoms with Crippen LogP contribution in [0.4, 0.5) is 0 Å². The van der Waals surface area contributed by atoms with E-state index in [4.69, 9.17) is 27.5 Å². The van der Waals surface area contributed by atoms with E-state index in [0.717, 1.165) is 18.9 Å². The molecule has 0 saturated carbocycles. The highest BCUT2D eigenvalue weighted by atomic mass is 28.4. The fourth-order valence-corrected chi connectivity index (χ4v) is 3.91. The van der Waals surface area contributed by atoms with Gasteiger partial charge in [0.15, 0.2) is 0 Å². The lowest BCUT2D eigenvalue weighted by Gasteiger charge is -2.29. The van der Waals surface area contributed by atoms with Gasteiger partial charge < -0.3 is 27.5 Å². The first-order valence-corrected chi connectivity index (χ1v) is 10.3. The highest BCUT2D eigenvalue weighted by Crippen LogP contribution is 2.20. The quantitative estimate of drug-likeness (QED) is 0.230. The van der Waals surface area contributed by atoms with Crippen LogP contribution in [0.5, 0.6) is 0 Å². The van der Waals surface area contributed by atoms with Crippen molar-refractivity contribution in [1.82, 2.24) is 0 Å². The Morgan fingerprint density at radius 3 is 1.41 bits per heavy atom. The van der Waals surface area contributed by atoms with Crippen LogP contribution in [0.3, 0.4) is 0 Å². The van der Waals surface area contributed by atoms with Crippen molar-refractivity contribution in [2.24, 2.45) is 0 Å². The molecule has 0 aliphatic heterocycles. The molecule has 0 heterocycles. The van der Waals surface area contributed by atoms with Crippen molar-refractivity contribution < 1.29 is 27.5 Å². The van der Waals surface area contributed by atoms with Crippen molar-refractivity contribution in [1.29, 1.82) is 0 Å². The normalized spacial score (nSPS) is 12.0. The van der Waals surface area contributed by atoms with Crippen molar-refractivity contribution >= 4 is 8.80 Å². The van der Waals surface area contributed by atoms with E-state index >= 15 is 0 Å². The van der Waals surface area contributed by atoms with Gasteiger partial charge in [0.2, 0.25) is 0 Å². The van der Waals surface area contributed by atoms with Gasteiger partial charge >= 0.3 is 8.80 Å². The summed E-state index contributed by atoms with van der Waals surface area (Å²) >= 11 is 0. The largest absolute Gasteiger partial charge is 0.506 e. The van der Waals surface area contributed by atoms with Gasteiger partial charge in [0.05, 0.1) is 0 Å². The number of unbranched alkanes of at least 4 members (excludes halogenated alkanes) is 3. The maximum Gasteiger partial charge on any atom is 0.506 e. The molecule has 0 radical (unpaired) electrons. The Hall–Kier alpha value is -0.0231. The zero-order valence-corrected chi connectivity index (χ0v) is 15.7. The first-order chi connectivity index (χ1) is 10.7. The molecule has 7 heteroatoms. The summed E-state index contributed by atoms with van der Waals surface area (Å²) in [6, 6.07) is 0.750. The molecule has 0 amide bonds. The van der Waals surface area contributed by atoms with E-state index in [2.05, 4.69) is 6.92 Å². The highest BCUT2D eigenvalue weighted by molar-refractivity contribution is 6.60. The Morgan fingerprint density at radius 2 is 1.05 bits per heavy atom. The molecule has 0 aromatic carbocycles. The summed E-state index contributed by atoms with van der Waals surface area (Å²) in [6.45, 7) is 10.3. The van der Waals surface area contributed by atoms with Crippen LogP contribution in [0.25, 0.3) is 0 Å². The van der Waals surface area contributed by atoms with Gasteiger partial charge in [-0.05, 0) is 27.2 Å². The topological polar surface area (TPSA) is 55.4 Å². The molecule has 134 valence electrons. The molecular weight excluding hydrogens is 304 g/mol. The number of ether oxygens (including phenoxy) is 3. The molecule has 0 aliphatic rings. The van der Waals surface area contributed by atoms with Crippen LogP contribution in [0.2, 0.25) is 6.04 Å². The van der Waals surface area contributed by atoms with Crippen molar-refractivity contribution in [3.05, 3.63) is 0 Å². The molecule has 0 aromatic rings. The van der Waals surface area contributed by atoms with Gasteiger partial charge in [-0.25, -0.2) is 0 Å². The molecule has 22 heavy (non-hydrogen) atoms. The molecular formula is C15H34O6Si. The van der Waals surface area contributed by atoms with E-state index in [-0.39, 0.29) is 20.4 Å². The van der Waals surface area contributed by atoms with Crippen LogP contribution in [-0.2, 0) is 27.5 Å². The second-order valence-electron chi connectivity index (χ2n) is 4.76. The third-order valence-corrected chi connectivity index (χ3v) is 5.67. The molecule has 0 N–H and O–H groups in total. The van der Waals surface area contributed by atoms with Gasteiger partial charge in [-0.3, -0.25) is 0 Å². The van der Waals surface area contributed by atoms with Crippen LogP contribution in [-0.4, -0.2) is 49.0 Å². The zero-order chi connectivity index (χ0) is 16.5. The monoisotopic (exact) mass is 338 g/mol. The Morgan fingerprint density at radius 1 is 0.591 bits per heavy atom. The summed E-state index contributed by atoms with van der Waals surface area (Å²) in [7, 11) is -2.83. The number of hydrogen-bond donors (Lipinski definition) is 0. The number of hydrogen-bond acceptors (Lipinski definition) is 6. The molecule has 0 spiro atoms. The second-order valence-corrected chi connectivity index (χ2v) is 7.49. The van der Waals surface area contributed by atoms with E-state index < -0.39 is 8.80 Å². The Kier molecular flexibility index (Phi) is 15.8. The molecule has 0 aliphatic carbocycles. The lowest BCUT2D eigenvalue weighted by atomic mass is 10.2. The lowest BCUT2D eigenvalue weighted by Crippen LogP contribution is -2.47. The average molecular weight is 339 g/mol. The van der Waals surface area contributed by atoms with E-state index in [1.807, 2.05) is 20.8 Å². The molecule has 0 aromatic heterocycles. The fraction of sp³-hybridized carbons (Fsp3) is 1.00. The first-order valence-electron chi connectivity index (χ1n) is 8.39. The molecule has 0 rings (SSSR count). The van der Waals surface area contributed by atoms with Gasteiger partial charge in [0, 0.05) is 25.9 Å². The summed E-state index contributed by atoms with van der Waals surface area (Å²) in [4.78, 5) is 0. The van der Waals surface area contributed by atoms with Crippen molar-refractivity contribution in [2.75, 3.05) is 40.2 Å². The average Bonchev–Trinajstić information content (AvgIpc) is 2.52. The zero-order valence-electron chi connectivity index (χ0n) is 14.7. The van der Waals surface area contributed by atoms with Crippen molar-refractivity contribution in [2.45, 2.75) is 59.4 Å². The minimum Gasteiger partial charge on any atom is -0.357 e. The summed E-state index contributed by atoms with van der Waals surface area (Å²) in [6.07, 6.45) is 4.53. The SMILES string of the molecule is CCCCCC[Si](OCOCC)(OCOCC)OCOCC. The van der Waals surface area contributed by atoms with E-state index in [1.165, 1.54) is 12.8 Å². The standard InChI is InChI=1S/C15H34O6Si/c1-5-9-10-11-12-22(19-13-16-6-2,20-14-17-7-3)21-15-18-8-4/h5-15H2,1-4H3. The number of rotatable bonds is 17. The third kappa shape index (κ3) is 11.5. The molecule has 0 atom stereocenters. The van der Waals surface area contributed by atoms with Gasteiger partial charge in [-0.2, -0.15) is 0 Å². The predicted octanol–water partition coefficient (Wildman–Crippen LogP) is 3.54.